The highest BCUT2D eigenvalue weighted by Crippen LogP contribution is 2.31. The molecule has 0 aromatic heterocycles. The number of ether oxygens (including phenoxy) is 1. The number of fused-ring (bicyclic) bond motifs is 1. The number of para-hydroxylation sites is 1. The van der Waals surface area contributed by atoms with Gasteiger partial charge in [-0.25, -0.2) is 0 Å². The molecule has 0 unspecified atom stereocenters. The maximum atomic E-state index is 12.0. The van der Waals surface area contributed by atoms with Crippen molar-refractivity contribution in [3.63, 3.8) is 0 Å². The van der Waals surface area contributed by atoms with Gasteiger partial charge in [0, 0.05) is 0 Å². The summed E-state index contributed by atoms with van der Waals surface area (Å²) in [6.07, 6.45) is 10.2. The first-order valence-corrected chi connectivity index (χ1v) is 5.74. The van der Waals surface area contributed by atoms with Crippen molar-refractivity contribution in [1.29, 1.82) is 0 Å². The molecule has 3 rings (SSSR count). The first-order chi connectivity index (χ1) is 8.34. The lowest BCUT2D eigenvalue weighted by atomic mass is 10.0. The number of ketones is 1. The van der Waals surface area contributed by atoms with E-state index in [0.29, 0.717) is 17.1 Å². The number of rotatable bonds is 1. The fraction of sp³-hybridized carbons (Fsp3) is 0.133. The number of carbonyl (C=O) groups is 1. The quantitative estimate of drug-likeness (QED) is 0.683. The maximum Gasteiger partial charge on any atom is 0.231 e. The minimum atomic E-state index is -0.0273. The van der Waals surface area contributed by atoms with Crippen LogP contribution in [0.15, 0.2) is 59.9 Å². The molecule has 2 heteroatoms. The van der Waals surface area contributed by atoms with Crippen molar-refractivity contribution in [1.82, 2.24) is 0 Å². The predicted molar refractivity (Wildman–Crippen MR) is 65.9 cm³/mol. The molecule has 0 saturated carbocycles. The van der Waals surface area contributed by atoms with Crippen LogP contribution in [0, 0.1) is 0 Å². The van der Waals surface area contributed by atoms with Crippen molar-refractivity contribution in [2.75, 3.05) is 0 Å². The number of Topliss-reactive ketones (excluding diaryl/α,β-unsaturated/α-hetero) is 1. The largest absolute Gasteiger partial charge is 0.452 e. The highest BCUT2D eigenvalue weighted by atomic mass is 16.5. The van der Waals surface area contributed by atoms with E-state index in [-0.39, 0.29) is 5.78 Å². The second-order valence-electron chi connectivity index (χ2n) is 4.12. The summed E-state index contributed by atoms with van der Waals surface area (Å²) < 4.78 is 5.56. The van der Waals surface area contributed by atoms with Crippen molar-refractivity contribution >= 4 is 5.78 Å². The van der Waals surface area contributed by atoms with E-state index in [1.165, 1.54) is 0 Å². The SMILES string of the molecule is O=C1/C(=C/C2=CCCC=C2)Oc2ccccc21. The Hall–Kier alpha value is -2.09. The molecule has 2 aliphatic rings. The molecule has 1 aliphatic carbocycles. The summed E-state index contributed by atoms with van der Waals surface area (Å²) in [6, 6.07) is 7.33. The number of benzene rings is 1. The fourth-order valence-electron chi connectivity index (χ4n) is 2.03. The lowest BCUT2D eigenvalue weighted by Gasteiger charge is -2.02. The summed E-state index contributed by atoms with van der Waals surface area (Å²) in [4.78, 5) is 12.0. The third-order valence-electron chi connectivity index (χ3n) is 2.90. The molecule has 0 spiro atoms. The first-order valence-electron chi connectivity index (χ1n) is 5.74. The number of carbonyl (C=O) groups excluding carboxylic acids is 1. The van der Waals surface area contributed by atoms with Crippen molar-refractivity contribution in [3.8, 4) is 5.75 Å². The molecule has 0 radical (unpaired) electrons. The Morgan fingerprint density at radius 1 is 1.18 bits per heavy atom. The molecule has 1 aromatic rings. The fourth-order valence-corrected chi connectivity index (χ4v) is 2.03. The molecule has 1 aromatic carbocycles. The van der Waals surface area contributed by atoms with Crippen LogP contribution in [0.4, 0.5) is 0 Å². The van der Waals surface area contributed by atoms with Crippen LogP contribution in [0.1, 0.15) is 23.2 Å². The Morgan fingerprint density at radius 3 is 2.82 bits per heavy atom. The molecule has 1 aliphatic heterocycles. The zero-order chi connectivity index (χ0) is 11.7. The van der Waals surface area contributed by atoms with Gasteiger partial charge in [-0.2, -0.15) is 0 Å². The number of hydrogen-bond donors (Lipinski definition) is 0. The van der Waals surface area contributed by atoms with Gasteiger partial charge in [0.25, 0.3) is 0 Å². The molecular weight excluding hydrogens is 212 g/mol. The van der Waals surface area contributed by atoms with Gasteiger partial charge in [0.1, 0.15) is 5.75 Å². The van der Waals surface area contributed by atoms with Crippen LogP contribution in [0.5, 0.6) is 5.75 Å². The highest BCUT2D eigenvalue weighted by Gasteiger charge is 2.26. The van der Waals surface area contributed by atoms with Gasteiger partial charge in [0.2, 0.25) is 5.78 Å². The van der Waals surface area contributed by atoms with Crippen molar-refractivity contribution < 1.29 is 9.53 Å². The average molecular weight is 224 g/mol. The monoisotopic (exact) mass is 224 g/mol. The van der Waals surface area contributed by atoms with Gasteiger partial charge in [0.15, 0.2) is 5.76 Å². The van der Waals surface area contributed by atoms with Gasteiger partial charge in [-0.1, -0.05) is 30.4 Å². The molecule has 0 amide bonds. The summed E-state index contributed by atoms with van der Waals surface area (Å²) in [5.41, 5.74) is 1.70. The molecule has 2 nitrogen and oxygen atoms in total. The number of hydrogen-bond acceptors (Lipinski definition) is 2. The zero-order valence-corrected chi connectivity index (χ0v) is 9.35. The van der Waals surface area contributed by atoms with E-state index in [1.807, 2.05) is 30.4 Å². The highest BCUT2D eigenvalue weighted by molar-refractivity contribution is 6.12. The number of allylic oxidation sites excluding steroid dienone is 6. The van der Waals surface area contributed by atoms with Gasteiger partial charge in [-0.15, -0.1) is 0 Å². The van der Waals surface area contributed by atoms with Crippen molar-refractivity contribution in [3.05, 3.63) is 65.5 Å². The second-order valence-corrected chi connectivity index (χ2v) is 4.12. The molecule has 0 saturated heterocycles. The van der Waals surface area contributed by atoms with E-state index in [4.69, 9.17) is 4.74 Å². The summed E-state index contributed by atoms with van der Waals surface area (Å²) >= 11 is 0. The smallest absolute Gasteiger partial charge is 0.231 e. The molecule has 0 N–H and O–H groups in total. The lowest BCUT2D eigenvalue weighted by Crippen LogP contribution is -1.99. The first kappa shape index (κ1) is 10.1. The van der Waals surface area contributed by atoms with E-state index >= 15 is 0 Å². The maximum absolute atomic E-state index is 12.0. The second kappa shape index (κ2) is 4.06. The Morgan fingerprint density at radius 2 is 2.06 bits per heavy atom. The van der Waals surface area contributed by atoms with E-state index < -0.39 is 0 Å². The summed E-state index contributed by atoms with van der Waals surface area (Å²) in [5, 5.41) is 0. The van der Waals surface area contributed by atoms with Crippen LogP contribution >= 0.6 is 0 Å². The van der Waals surface area contributed by atoms with Crippen molar-refractivity contribution in [2.45, 2.75) is 12.8 Å². The van der Waals surface area contributed by atoms with Gasteiger partial charge in [-0.3, -0.25) is 4.79 Å². The topological polar surface area (TPSA) is 26.3 Å². The predicted octanol–water partition coefficient (Wildman–Crippen LogP) is 3.42. The standard InChI is InChI=1S/C15H12O2/c16-15-12-8-4-5-9-13(12)17-14(15)10-11-6-2-1-3-7-11/h2,4-10H,1,3H2/b14-10-. The minimum absolute atomic E-state index is 0.0273. The minimum Gasteiger partial charge on any atom is -0.452 e. The molecule has 0 fully saturated rings. The van der Waals surface area contributed by atoms with E-state index in [1.54, 1.807) is 6.07 Å². The van der Waals surface area contributed by atoms with Crippen LogP contribution in [0.2, 0.25) is 0 Å². The lowest BCUT2D eigenvalue weighted by molar-refractivity contribution is 0.101. The zero-order valence-electron chi connectivity index (χ0n) is 9.35. The van der Waals surface area contributed by atoms with Gasteiger partial charge in [0.05, 0.1) is 5.56 Å². The van der Waals surface area contributed by atoms with Crippen LogP contribution < -0.4 is 4.74 Å². The molecule has 0 bridgehead atoms. The summed E-state index contributed by atoms with van der Waals surface area (Å²) in [7, 11) is 0. The molecular formula is C15H12O2. The normalized spacial score (nSPS) is 20.1. The molecule has 84 valence electrons. The van der Waals surface area contributed by atoms with Crippen LogP contribution in [-0.2, 0) is 0 Å². The molecule has 1 heterocycles. The molecule has 0 atom stereocenters. The van der Waals surface area contributed by atoms with Gasteiger partial charge < -0.3 is 4.74 Å². The molecule has 17 heavy (non-hydrogen) atoms. The summed E-state index contributed by atoms with van der Waals surface area (Å²) in [6.45, 7) is 0. The van der Waals surface area contributed by atoms with E-state index in [0.717, 1.165) is 18.4 Å². The van der Waals surface area contributed by atoms with Gasteiger partial charge in [-0.05, 0) is 36.6 Å². The Balaban J connectivity index is 1.94. The van der Waals surface area contributed by atoms with Crippen LogP contribution in [0.3, 0.4) is 0 Å². The van der Waals surface area contributed by atoms with Crippen LogP contribution in [0.25, 0.3) is 0 Å². The third kappa shape index (κ3) is 1.82. The van der Waals surface area contributed by atoms with E-state index in [9.17, 15) is 4.79 Å². The average Bonchev–Trinajstić information content (AvgIpc) is 2.68. The Labute approximate surface area is 99.9 Å². The Bertz CT molecular complexity index is 562. The third-order valence-corrected chi connectivity index (χ3v) is 2.90. The van der Waals surface area contributed by atoms with Gasteiger partial charge >= 0.3 is 0 Å². The van der Waals surface area contributed by atoms with E-state index in [2.05, 4.69) is 12.2 Å². The van der Waals surface area contributed by atoms with Crippen LogP contribution in [-0.4, -0.2) is 5.78 Å². The Kier molecular flexibility index (Phi) is 2.41. The van der Waals surface area contributed by atoms with Crippen molar-refractivity contribution in [2.24, 2.45) is 0 Å². The summed E-state index contributed by atoms with van der Waals surface area (Å²) in [5.74, 6) is 1.05.